The second-order valence-electron chi connectivity index (χ2n) is 7.17. The number of hydrogen-bond acceptors (Lipinski definition) is 5. The van der Waals surface area contributed by atoms with Crippen molar-refractivity contribution in [3.63, 3.8) is 0 Å². The van der Waals surface area contributed by atoms with Gasteiger partial charge in [0.2, 0.25) is 5.91 Å². The Hall–Kier alpha value is -2.51. The monoisotopic (exact) mass is 389 g/mol. The summed E-state index contributed by atoms with van der Waals surface area (Å²) in [7, 11) is 0. The first-order chi connectivity index (χ1) is 13.1. The van der Waals surface area contributed by atoms with Crippen molar-refractivity contribution >= 4 is 18.0 Å². The number of nitrogens with one attached hydrogen (secondary N) is 2. The maximum Gasteiger partial charge on any atom is 0.275 e. The number of hydrogen-bond donors (Lipinski definition) is 3. The third-order valence-electron chi connectivity index (χ3n) is 4.36. The number of nitrogens with zero attached hydrogens (tertiary/aromatic N) is 1. The number of amides is 2. The third-order valence-corrected chi connectivity index (χ3v) is 4.36. The van der Waals surface area contributed by atoms with Gasteiger partial charge in [-0.05, 0) is 37.8 Å². The fourth-order valence-corrected chi connectivity index (χ4v) is 2.39. The first-order valence-corrected chi connectivity index (χ1v) is 9.23. The molecule has 1 saturated heterocycles. The Morgan fingerprint density at radius 3 is 2.36 bits per heavy atom. The summed E-state index contributed by atoms with van der Waals surface area (Å²) >= 11 is 0. The van der Waals surface area contributed by atoms with E-state index < -0.39 is 5.91 Å². The van der Waals surface area contributed by atoms with E-state index in [4.69, 9.17) is 4.74 Å². The largest absolute Gasteiger partial charge is 0.394 e. The fourth-order valence-electron chi connectivity index (χ4n) is 2.39. The molecule has 2 atom stereocenters. The maximum absolute atomic E-state index is 12.7. The van der Waals surface area contributed by atoms with Crippen LogP contribution in [0.4, 0.5) is 0 Å². The molecule has 0 unspecified atom stereocenters. The highest BCUT2D eigenvalue weighted by Gasteiger charge is 2.26. The number of rotatable bonds is 9. The minimum absolute atomic E-state index is 0.0343. The molecule has 154 valence electrons. The topological polar surface area (TPSA) is 100 Å². The minimum atomic E-state index is -0.515. The molecule has 0 bridgehead atoms. The molecule has 0 aromatic rings. The Kier molecular flexibility index (Phi) is 9.02. The summed E-state index contributed by atoms with van der Waals surface area (Å²) in [6.45, 7) is 18.4. The smallest absolute Gasteiger partial charge is 0.275 e. The molecule has 1 aliphatic rings. The predicted octanol–water partition coefficient (Wildman–Crippen LogP) is 2.36. The first-order valence-electron chi connectivity index (χ1n) is 9.23. The molecule has 1 heterocycles. The zero-order valence-corrected chi connectivity index (χ0v) is 17.2. The van der Waals surface area contributed by atoms with Crippen LogP contribution in [0.3, 0.4) is 0 Å². The number of aliphatic imine (C=N–C) groups is 1. The molecule has 0 saturated carbocycles. The van der Waals surface area contributed by atoms with Gasteiger partial charge in [-0.15, -0.1) is 0 Å². The van der Waals surface area contributed by atoms with Crippen LogP contribution in [0.15, 0.2) is 53.0 Å². The van der Waals surface area contributed by atoms with Gasteiger partial charge in [-0.25, -0.2) is 0 Å². The second-order valence-corrected chi connectivity index (χ2v) is 7.17. The van der Waals surface area contributed by atoms with Crippen molar-refractivity contribution in [2.24, 2.45) is 10.9 Å². The molecule has 0 radical (unpaired) electrons. The van der Waals surface area contributed by atoms with Gasteiger partial charge in [-0.1, -0.05) is 39.2 Å². The van der Waals surface area contributed by atoms with Gasteiger partial charge in [-0.3, -0.25) is 14.6 Å². The molecule has 0 aromatic heterocycles. The number of allylic oxidation sites excluding steroid dienone is 2. The summed E-state index contributed by atoms with van der Waals surface area (Å²) in [5.74, 6) is -0.925. The average Bonchev–Trinajstić information content (AvgIpc) is 3.10. The number of aliphatic hydroxyl groups is 1. The minimum Gasteiger partial charge on any atom is -0.394 e. The van der Waals surface area contributed by atoms with Gasteiger partial charge in [0.25, 0.3) is 5.91 Å². The van der Waals surface area contributed by atoms with Crippen LogP contribution in [0.25, 0.3) is 0 Å². The van der Waals surface area contributed by atoms with Crippen LogP contribution in [-0.2, 0) is 14.3 Å². The van der Waals surface area contributed by atoms with Gasteiger partial charge in [-0.2, -0.15) is 0 Å². The van der Waals surface area contributed by atoms with Gasteiger partial charge in [0.1, 0.15) is 11.5 Å². The standard InChI is InChI=1S/C21H31N3O4/c1-12(2)15(6)19(21(27)24-16(7)23-20(26)13(3)4)22-10-14(5)18-9-8-17(11-25)28-18/h10,13,17-18,25H,1,5,7-9,11H2,2-4,6H3,(H,23,26)(H,24,27)/b19-15+,22-10-/t17-,18+/m0/s1. The maximum atomic E-state index is 12.7. The molecule has 3 N–H and O–H groups in total. The van der Waals surface area contributed by atoms with E-state index in [1.807, 2.05) is 0 Å². The van der Waals surface area contributed by atoms with Crippen LogP contribution in [0.2, 0.25) is 0 Å². The first kappa shape index (κ1) is 23.5. The van der Waals surface area contributed by atoms with E-state index in [-0.39, 0.29) is 42.2 Å². The zero-order valence-electron chi connectivity index (χ0n) is 17.2. The van der Waals surface area contributed by atoms with E-state index in [9.17, 15) is 14.7 Å². The summed E-state index contributed by atoms with van der Waals surface area (Å²) in [4.78, 5) is 28.7. The lowest BCUT2D eigenvalue weighted by molar-refractivity contribution is -0.123. The molecule has 0 aliphatic carbocycles. The van der Waals surface area contributed by atoms with E-state index in [2.05, 4.69) is 35.4 Å². The molecule has 2 amide bonds. The van der Waals surface area contributed by atoms with Crippen molar-refractivity contribution in [2.45, 2.75) is 52.7 Å². The van der Waals surface area contributed by atoms with Gasteiger partial charge in [0, 0.05) is 12.1 Å². The number of carbonyl (C=O) groups is 2. The lowest BCUT2D eigenvalue weighted by Crippen LogP contribution is -2.37. The van der Waals surface area contributed by atoms with E-state index in [0.717, 1.165) is 12.8 Å². The lowest BCUT2D eigenvalue weighted by Gasteiger charge is -2.14. The van der Waals surface area contributed by atoms with Crippen LogP contribution in [0.1, 0.15) is 40.5 Å². The Morgan fingerprint density at radius 1 is 1.21 bits per heavy atom. The summed E-state index contributed by atoms with van der Waals surface area (Å²) in [6, 6.07) is 0. The summed E-state index contributed by atoms with van der Waals surface area (Å²) in [5, 5.41) is 14.2. The second kappa shape index (κ2) is 10.7. The van der Waals surface area contributed by atoms with Crippen LogP contribution in [-0.4, -0.2) is 42.0 Å². The summed E-state index contributed by atoms with van der Waals surface area (Å²) in [5.41, 5.74) is 2.04. The van der Waals surface area contributed by atoms with Crippen molar-refractivity contribution in [3.05, 3.63) is 48.0 Å². The van der Waals surface area contributed by atoms with E-state index in [1.165, 1.54) is 6.21 Å². The highest BCUT2D eigenvalue weighted by Crippen LogP contribution is 2.24. The molecule has 0 aromatic carbocycles. The molecule has 28 heavy (non-hydrogen) atoms. The molecular weight excluding hydrogens is 358 g/mol. The average molecular weight is 389 g/mol. The Balaban J connectivity index is 2.90. The van der Waals surface area contributed by atoms with E-state index >= 15 is 0 Å². The Labute approximate surface area is 166 Å². The molecule has 1 rings (SSSR count). The van der Waals surface area contributed by atoms with Gasteiger partial charge >= 0.3 is 0 Å². The molecule has 1 aliphatic heterocycles. The number of aliphatic hydroxyl groups excluding tert-OH is 1. The van der Waals surface area contributed by atoms with Gasteiger partial charge < -0.3 is 20.5 Å². The van der Waals surface area contributed by atoms with Crippen LogP contribution < -0.4 is 10.6 Å². The number of ether oxygens (including phenoxy) is 1. The lowest BCUT2D eigenvalue weighted by atomic mass is 10.1. The van der Waals surface area contributed by atoms with Crippen LogP contribution in [0.5, 0.6) is 0 Å². The van der Waals surface area contributed by atoms with Crippen molar-refractivity contribution in [1.82, 2.24) is 10.6 Å². The van der Waals surface area contributed by atoms with E-state index in [1.54, 1.807) is 27.7 Å². The zero-order chi connectivity index (χ0) is 21.4. The molecule has 7 heteroatoms. The van der Waals surface area contributed by atoms with Crippen LogP contribution in [0, 0.1) is 5.92 Å². The van der Waals surface area contributed by atoms with E-state index in [0.29, 0.717) is 16.7 Å². The molecule has 1 fully saturated rings. The van der Waals surface area contributed by atoms with Crippen molar-refractivity contribution in [1.29, 1.82) is 0 Å². The quantitative estimate of drug-likeness (QED) is 0.320. The highest BCUT2D eigenvalue weighted by atomic mass is 16.5. The summed E-state index contributed by atoms with van der Waals surface area (Å²) < 4.78 is 5.67. The molecule has 0 spiro atoms. The normalized spacial score (nSPS) is 20.1. The van der Waals surface area contributed by atoms with Gasteiger partial charge in [0.05, 0.1) is 18.8 Å². The summed E-state index contributed by atoms with van der Waals surface area (Å²) in [6.07, 6.45) is 2.53. The van der Waals surface area contributed by atoms with Crippen molar-refractivity contribution < 1.29 is 19.4 Å². The van der Waals surface area contributed by atoms with Crippen molar-refractivity contribution in [3.8, 4) is 0 Å². The molecule has 7 nitrogen and oxygen atoms in total. The third kappa shape index (κ3) is 6.90. The van der Waals surface area contributed by atoms with Crippen molar-refractivity contribution in [2.75, 3.05) is 6.61 Å². The Morgan fingerprint density at radius 2 is 1.86 bits per heavy atom. The fraction of sp³-hybridized carbons (Fsp3) is 0.476. The number of carbonyl (C=O) groups excluding carboxylic acids is 2. The predicted molar refractivity (Wildman–Crippen MR) is 110 cm³/mol. The van der Waals surface area contributed by atoms with Gasteiger partial charge in [0.15, 0.2) is 0 Å². The van der Waals surface area contributed by atoms with Crippen LogP contribution >= 0.6 is 0 Å². The molecular formula is C21H31N3O4. The Bertz CT molecular complexity index is 719. The highest BCUT2D eigenvalue weighted by molar-refractivity contribution is 5.98. The SMILES string of the molecule is C=C(NC(=O)C(/N=C\C(=C)[C@H]1CC[C@@H](CO)O1)=C(/C)C(=C)C)NC(=O)C(C)C.